The monoisotopic (exact) mass is 277 g/mol. The van der Waals surface area contributed by atoms with Crippen LogP contribution in [0.1, 0.15) is 5.89 Å². The van der Waals surface area contributed by atoms with E-state index in [-0.39, 0.29) is 6.03 Å². The second kappa shape index (κ2) is 5.13. The van der Waals surface area contributed by atoms with Crippen molar-refractivity contribution in [2.45, 2.75) is 6.92 Å². The van der Waals surface area contributed by atoms with Gasteiger partial charge in [0.05, 0.1) is 0 Å². The van der Waals surface area contributed by atoms with Gasteiger partial charge in [0.2, 0.25) is 0 Å². The van der Waals surface area contributed by atoms with Gasteiger partial charge in [-0.25, -0.2) is 9.78 Å². The molecule has 2 aromatic rings. The Hall–Kier alpha value is -1.69. The number of urea groups is 1. The minimum absolute atomic E-state index is 0.0418. The van der Waals surface area contributed by atoms with Crippen LogP contribution in [0, 0.1) is 6.92 Å². The fraction of sp³-hybridized carbons (Fsp3) is 0.385. The minimum atomic E-state index is -0.0418. The number of carbonyl (C=O) groups is 1. The number of carbonyl (C=O) groups excluding carboxylic acids is 1. The maximum absolute atomic E-state index is 12.1. The van der Waals surface area contributed by atoms with E-state index in [1.807, 2.05) is 41.8 Å². The Morgan fingerprint density at radius 2 is 2.21 bits per heavy atom. The molecule has 5 nitrogen and oxygen atoms in total. The van der Waals surface area contributed by atoms with Crippen LogP contribution in [0.5, 0.6) is 0 Å². The number of thioether (sulfide) groups is 1. The number of hydrogen-bond donors (Lipinski definition) is 1. The summed E-state index contributed by atoms with van der Waals surface area (Å²) in [6.07, 6.45) is 0. The molecule has 0 aliphatic carbocycles. The third-order valence-electron chi connectivity index (χ3n) is 3.04. The van der Waals surface area contributed by atoms with Crippen LogP contribution in [-0.4, -0.2) is 40.5 Å². The van der Waals surface area contributed by atoms with Crippen molar-refractivity contribution in [2.24, 2.45) is 0 Å². The molecule has 1 aromatic carbocycles. The van der Waals surface area contributed by atoms with Gasteiger partial charge in [-0.1, -0.05) is 0 Å². The summed E-state index contributed by atoms with van der Waals surface area (Å²) in [5.41, 5.74) is 2.26. The Morgan fingerprint density at radius 3 is 3.00 bits per heavy atom. The van der Waals surface area contributed by atoms with Crippen LogP contribution in [-0.2, 0) is 0 Å². The Bertz CT molecular complexity index is 605. The van der Waals surface area contributed by atoms with E-state index in [2.05, 4.69) is 10.3 Å². The number of rotatable bonds is 1. The number of nitrogens with zero attached hydrogens (tertiary/aromatic N) is 2. The Balaban J connectivity index is 1.74. The number of fused-ring (bicyclic) bond motifs is 1. The van der Waals surface area contributed by atoms with Crippen molar-refractivity contribution in [3.05, 3.63) is 24.1 Å². The van der Waals surface area contributed by atoms with E-state index in [1.54, 1.807) is 0 Å². The molecule has 1 saturated heterocycles. The van der Waals surface area contributed by atoms with E-state index < -0.39 is 0 Å². The van der Waals surface area contributed by atoms with Gasteiger partial charge in [0, 0.05) is 37.2 Å². The van der Waals surface area contributed by atoms with E-state index in [1.165, 1.54) is 0 Å². The number of amides is 2. The molecule has 1 aliphatic rings. The molecule has 0 spiro atoms. The zero-order valence-electron chi connectivity index (χ0n) is 10.7. The lowest BCUT2D eigenvalue weighted by atomic mass is 10.3. The summed E-state index contributed by atoms with van der Waals surface area (Å²) < 4.78 is 5.41. The number of aryl methyl sites for hydroxylation is 1. The number of oxazole rings is 1. The largest absolute Gasteiger partial charge is 0.441 e. The topological polar surface area (TPSA) is 58.4 Å². The molecule has 0 unspecified atom stereocenters. The van der Waals surface area contributed by atoms with Gasteiger partial charge in [0.25, 0.3) is 0 Å². The fourth-order valence-corrected chi connectivity index (χ4v) is 2.99. The Morgan fingerprint density at radius 1 is 1.42 bits per heavy atom. The van der Waals surface area contributed by atoms with Gasteiger partial charge >= 0.3 is 6.03 Å². The van der Waals surface area contributed by atoms with Crippen molar-refractivity contribution < 1.29 is 9.21 Å². The summed E-state index contributed by atoms with van der Waals surface area (Å²) in [7, 11) is 0. The highest BCUT2D eigenvalue weighted by Gasteiger charge is 2.16. The predicted octanol–water partition coefficient (Wildman–Crippen LogP) is 2.72. The average molecular weight is 277 g/mol. The van der Waals surface area contributed by atoms with Gasteiger partial charge in [-0.05, 0) is 18.2 Å². The highest BCUT2D eigenvalue weighted by Crippen LogP contribution is 2.20. The summed E-state index contributed by atoms with van der Waals surface area (Å²) in [4.78, 5) is 18.2. The van der Waals surface area contributed by atoms with Crippen molar-refractivity contribution in [3.63, 3.8) is 0 Å². The zero-order valence-corrected chi connectivity index (χ0v) is 11.5. The fourth-order valence-electron chi connectivity index (χ4n) is 2.09. The van der Waals surface area contributed by atoms with Crippen molar-refractivity contribution in [3.8, 4) is 0 Å². The lowest BCUT2D eigenvalue weighted by Gasteiger charge is -2.26. The maximum Gasteiger partial charge on any atom is 0.321 e. The van der Waals surface area contributed by atoms with E-state index in [9.17, 15) is 4.79 Å². The van der Waals surface area contributed by atoms with Gasteiger partial charge < -0.3 is 14.6 Å². The van der Waals surface area contributed by atoms with Gasteiger partial charge in [-0.2, -0.15) is 11.8 Å². The van der Waals surface area contributed by atoms with Crippen LogP contribution in [0.25, 0.3) is 11.1 Å². The molecular formula is C13H15N3O2S. The highest BCUT2D eigenvalue weighted by molar-refractivity contribution is 7.99. The van der Waals surface area contributed by atoms with E-state index in [0.29, 0.717) is 5.89 Å². The molecule has 1 fully saturated rings. The Kier molecular flexibility index (Phi) is 3.33. The van der Waals surface area contributed by atoms with Crippen LogP contribution >= 0.6 is 11.8 Å². The molecular weight excluding hydrogens is 262 g/mol. The lowest BCUT2D eigenvalue weighted by Crippen LogP contribution is -2.40. The summed E-state index contributed by atoms with van der Waals surface area (Å²) >= 11 is 1.88. The third kappa shape index (κ3) is 2.68. The molecule has 100 valence electrons. The first-order chi connectivity index (χ1) is 9.22. The normalized spacial score (nSPS) is 15.7. The molecule has 19 heavy (non-hydrogen) atoms. The predicted molar refractivity (Wildman–Crippen MR) is 76.7 cm³/mol. The number of hydrogen-bond acceptors (Lipinski definition) is 4. The quantitative estimate of drug-likeness (QED) is 0.870. The molecule has 1 aromatic heterocycles. The summed E-state index contributed by atoms with van der Waals surface area (Å²) in [5.74, 6) is 2.65. The van der Waals surface area contributed by atoms with Gasteiger partial charge in [-0.15, -0.1) is 0 Å². The molecule has 0 saturated carbocycles. The van der Waals surface area contributed by atoms with E-state index in [4.69, 9.17) is 4.42 Å². The van der Waals surface area contributed by atoms with Crippen LogP contribution in [0.15, 0.2) is 22.6 Å². The standard InChI is InChI=1S/C13H15N3O2S/c1-9-14-11-8-10(2-3-12(11)18-9)15-13(17)16-4-6-19-7-5-16/h2-3,8H,4-7H2,1H3,(H,15,17). The first-order valence-corrected chi connectivity index (χ1v) is 7.39. The number of aromatic nitrogens is 1. The molecule has 2 heterocycles. The second-order valence-corrected chi connectivity index (χ2v) is 5.67. The highest BCUT2D eigenvalue weighted by atomic mass is 32.2. The number of anilines is 1. The number of benzene rings is 1. The van der Waals surface area contributed by atoms with Crippen LogP contribution < -0.4 is 5.32 Å². The van der Waals surface area contributed by atoms with Gasteiger partial charge in [-0.3, -0.25) is 0 Å². The molecule has 0 radical (unpaired) electrons. The number of nitrogens with one attached hydrogen (secondary N) is 1. The SMILES string of the molecule is Cc1nc2cc(NC(=O)N3CCSCC3)ccc2o1. The summed E-state index contributed by atoms with van der Waals surface area (Å²) in [6, 6.07) is 5.46. The molecule has 2 amide bonds. The molecule has 1 N–H and O–H groups in total. The first-order valence-electron chi connectivity index (χ1n) is 6.23. The van der Waals surface area contributed by atoms with Crippen LogP contribution in [0.2, 0.25) is 0 Å². The maximum atomic E-state index is 12.1. The zero-order chi connectivity index (χ0) is 13.2. The average Bonchev–Trinajstić information content (AvgIpc) is 2.79. The van der Waals surface area contributed by atoms with E-state index >= 15 is 0 Å². The van der Waals surface area contributed by atoms with E-state index in [0.717, 1.165) is 41.4 Å². The Labute approximate surface area is 115 Å². The summed E-state index contributed by atoms with van der Waals surface area (Å²) in [5, 5.41) is 2.91. The smallest absolute Gasteiger partial charge is 0.321 e. The molecule has 0 atom stereocenters. The molecule has 3 rings (SSSR count). The summed E-state index contributed by atoms with van der Waals surface area (Å²) in [6.45, 7) is 3.42. The molecule has 1 aliphatic heterocycles. The van der Waals surface area contributed by atoms with Gasteiger partial charge in [0.15, 0.2) is 11.5 Å². The third-order valence-corrected chi connectivity index (χ3v) is 3.99. The van der Waals surface area contributed by atoms with Crippen LogP contribution in [0.4, 0.5) is 10.5 Å². The van der Waals surface area contributed by atoms with Crippen LogP contribution in [0.3, 0.4) is 0 Å². The second-order valence-electron chi connectivity index (χ2n) is 4.44. The molecule has 6 heteroatoms. The van der Waals surface area contributed by atoms with Crippen molar-refractivity contribution in [1.82, 2.24) is 9.88 Å². The van der Waals surface area contributed by atoms with Gasteiger partial charge in [0.1, 0.15) is 5.52 Å². The van der Waals surface area contributed by atoms with Crippen molar-refractivity contribution >= 4 is 34.6 Å². The first kappa shape index (κ1) is 12.3. The van der Waals surface area contributed by atoms with Crippen molar-refractivity contribution in [2.75, 3.05) is 29.9 Å². The lowest BCUT2D eigenvalue weighted by molar-refractivity contribution is 0.217. The van der Waals surface area contributed by atoms with Crippen molar-refractivity contribution in [1.29, 1.82) is 0 Å². The minimum Gasteiger partial charge on any atom is -0.441 e. The molecule has 0 bridgehead atoms.